The number of amides is 1. The molecule has 0 fully saturated rings. The third kappa shape index (κ3) is 8.19. The van der Waals surface area contributed by atoms with Gasteiger partial charge in [0.25, 0.3) is 0 Å². The number of fused-ring (bicyclic) bond motifs is 1. The van der Waals surface area contributed by atoms with Gasteiger partial charge in [-0.05, 0) is 61.6 Å². The van der Waals surface area contributed by atoms with Gasteiger partial charge in [0.15, 0.2) is 0 Å². The number of imidazole rings is 1. The monoisotopic (exact) mass is 469 g/mol. The second-order valence-electron chi connectivity index (χ2n) is 8.61. The predicted octanol–water partition coefficient (Wildman–Crippen LogP) is 7.97. The first-order valence-electron chi connectivity index (χ1n) is 12.5. The molecule has 1 amide bonds. The van der Waals surface area contributed by atoms with Crippen molar-refractivity contribution in [3.63, 3.8) is 0 Å². The van der Waals surface area contributed by atoms with Crippen LogP contribution in [0.5, 0.6) is 0 Å². The maximum absolute atomic E-state index is 12.0. The lowest BCUT2D eigenvalue weighted by atomic mass is 10.1. The summed E-state index contributed by atoms with van der Waals surface area (Å²) in [4.78, 5) is 22.1. The van der Waals surface area contributed by atoms with Crippen LogP contribution in [-0.2, 0) is 11.2 Å². The van der Waals surface area contributed by atoms with Crippen LogP contribution in [-0.4, -0.2) is 33.9 Å². The van der Waals surface area contributed by atoms with Crippen LogP contribution in [0, 0.1) is 6.92 Å². The molecule has 0 unspecified atom stereocenters. The number of nitrogens with zero attached hydrogens (tertiary/aromatic N) is 2. The lowest BCUT2D eigenvalue weighted by molar-refractivity contribution is -0.130. The Morgan fingerprint density at radius 2 is 1.73 bits per heavy atom. The van der Waals surface area contributed by atoms with Crippen molar-refractivity contribution < 1.29 is 4.79 Å². The Balaban J connectivity index is 0.000000696. The first-order chi connectivity index (χ1) is 15.9. The van der Waals surface area contributed by atoms with Gasteiger partial charge in [-0.2, -0.15) is 0 Å². The number of H-pyrrole nitrogens is 1. The molecule has 0 saturated heterocycles. The number of aromatic nitrogens is 2. The molecule has 0 aliphatic carbocycles. The maximum atomic E-state index is 12.0. The topological polar surface area (TPSA) is 49.0 Å². The van der Waals surface area contributed by atoms with Crippen LogP contribution in [0.2, 0.25) is 5.02 Å². The number of halogens is 1. The normalized spacial score (nSPS) is 10.7. The van der Waals surface area contributed by atoms with Crippen molar-refractivity contribution in [2.45, 2.75) is 79.6 Å². The molecule has 3 rings (SSSR count). The lowest BCUT2D eigenvalue weighted by Gasteiger charge is -2.21. The maximum Gasteiger partial charge on any atom is 0.222 e. The molecule has 0 saturated carbocycles. The van der Waals surface area contributed by atoms with E-state index >= 15 is 0 Å². The summed E-state index contributed by atoms with van der Waals surface area (Å²) in [6, 6.07) is 12.3. The number of hydrogen-bond acceptors (Lipinski definition) is 2. The van der Waals surface area contributed by atoms with Gasteiger partial charge in [0.1, 0.15) is 5.82 Å². The number of benzene rings is 2. The van der Waals surface area contributed by atoms with Crippen LogP contribution in [0.15, 0.2) is 36.4 Å². The van der Waals surface area contributed by atoms with E-state index in [1.165, 1.54) is 30.4 Å². The molecule has 5 heteroatoms. The van der Waals surface area contributed by atoms with Gasteiger partial charge in [-0.3, -0.25) is 4.79 Å². The molecule has 0 atom stereocenters. The molecule has 0 aliphatic heterocycles. The summed E-state index contributed by atoms with van der Waals surface area (Å²) in [6.07, 6.45) is 7.47. The van der Waals surface area contributed by atoms with Crippen LogP contribution in [0.1, 0.15) is 77.3 Å². The molecule has 0 spiro atoms. The Bertz CT molecular complexity index is 1010. The summed E-state index contributed by atoms with van der Waals surface area (Å²) >= 11 is 6.46. The van der Waals surface area contributed by atoms with Crippen molar-refractivity contribution in [1.82, 2.24) is 14.9 Å². The lowest BCUT2D eigenvalue weighted by Crippen LogP contribution is -2.32. The minimum Gasteiger partial charge on any atom is -0.343 e. The van der Waals surface area contributed by atoms with Gasteiger partial charge >= 0.3 is 0 Å². The first kappa shape index (κ1) is 26.9. The minimum absolute atomic E-state index is 0.233. The fraction of sp³-hybridized carbons (Fsp3) is 0.500. The molecule has 1 heterocycles. The van der Waals surface area contributed by atoms with Crippen molar-refractivity contribution in [3.8, 4) is 11.4 Å². The average Bonchev–Trinajstić information content (AvgIpc) is 3.23. The number of nitrogens with one attached hydrogen (secondary N) is 1. The highest BCUT2D eigenvalue weighted by Gasteiger charge is 2.12. The van der Waals surface area contributed by atoms with Gasteiger partial charge in [-0.15, -0.1) is 0 Å². The van der Waals surface area contributed by atoms with Gasteiger partial charge in [0, 0.05) is 25.1 Å². The highest BCUT2D eigenvalue weighted by Crippen LogP contribution is 2.29. The van der Waals surface area contributed by atoms with Crippen LogP contribution >= 0.6 is 11.6 Å². The fourth-order valence-corrected chi connectivity index (χ4v) is 4.05. The summed E-state index contributed by atoms with van der Waals surface area (Å²) in [5.74, 6) is 1.03. The molecule has 0 radical (unpaired) electrons. The van der Waals surface area contributed by atoms with Gasteiger partial charge in [0.05, 0.1) is 16.1 Å². The number of carbonyl (C=O) groups is 1. The van der Waals surface area contributed by atoms with E-state index in [9.17, 15) is 4.79 Å². The first-order valence-corrected chi connectivity index (χ1v) is 12.8. The number of rotatable bonds is 10. The van der Waals surface area contributed by atoms with Crippen LogP contribution < -0.4 is 0 Å². The Morgan fingerprint density at radius 3 is 2.36 bits per heavy atom. The third-order valence-electron chi connectivity index (χ3n) is 5.67. The molecule has 3 aromatic rings. The second-order valence-corrected chi connectivity index (χ2v) is 9.02. The second kappa shape index (κ2) is 14.0. The minimum atomic E-state index is 0.233. The van der Waals surface area contributed by atoms with E-state index in [1.807, 2.05) is 24.0 Å². The molecule has 1 aromatic heterocycles. The Hall–Kier alpha value is -2.33. The number of unbranched alkanes of at least 4 members (excludes halogenated alkanes) is 2. The molecule has 0 aliphatic rings. The van der Waals surface area contributed by atoms with Crippen molar-refractivity contribution in [1.29, 1.82) is 0 Å². The van der Waals surface area contributed by atoms with E-state index in [-0.39, 0.29) is 5.91 Å². The predicted molar refractivity (Wildman–Crippen MR) is 142 cm³/mol. The van der Waals surface area contributed by atoms with E-state index in [0.717, 1.165) is 54.8 Å². The Labute approximate surface area is 204 Å². The van der Waals surface area contributed by atoms with E-state index < -0.39 is 0 Å². The number of hydrogen-bond donors (Lipinski definition) is 1. The van der Waals surface area contributed by atoms with Crippen molar-refractivity contribution in [3.05, 3.63) is 52.5 Å². The molecule has 180 valence electrons. The van der Waals surface area contributed by atoms with Gasteiger partial charge in [0.2, 0.25) is 5.91 Å². The third-order valence-corrected chi connectivity index (χ3v) is 6.00. The van der Waals surface area contributed by atoms with Crippen molar-refractivity contribution >= 4 is 28.5 Å². The van der Waals surface area contributed by atoms with Gasteiger partial charge in [-0.25, -0.2) is 4.98 Å². The summed E-state index contributed by atoms with van der Waals surface area (Å²) in [5.41, 5.74) is 5.28. The molecular weight excluding hydrogens is 430 g/mol. The Kier molecular flexibility index (Phi) is 11.5. The van der Waals surface area contributed by atoms with E-state index in [2.05, 4.69) is 56.9 Å². The van der Waals surface area contributed by atoms with Crippen LogP contribution in [0.4, 0.5) is 0 Å². The largest absolute Gasteiger partial charge is 0.343 e. The zero-order valence-corrected chi connectivity index (χ0v) is 21.8. The molecule has 1 N–H and O–H groups in total. The van der Waals surface area contributed by atoms with Crippen molar-refractivity contribution in [2.75, 3.05) is 13.1 Å². The standard InChI is InChI=1S/C23H28ClN3O.C5H12/c1-4-12-27(22(28)5-2)13-6-7-17-9-10-19(24)18(15-17)23-25-20-11-8-16(3)14-21(20)26-23;1-3-5-4-2/h8-11,14-15H,4-7,12-13H2,1-3H3,(H,25,26);3-5H2,1-2H3. The molecule has 33 heavy (non-hydrogen) atoms. The highest BCUT2D eigenvalue weighted by molar-refractivity contribution is 6.33. The van der Waals surface area contributed by atoms with Crippen LogP contribution in [0.3, 0.4) is 0 Å². The number of aryl methyl sites for hydroxylation is 2. The zero-order valence-electron chi connectivity index (χ0n) is 21.0. The van der Waals surface area contributed by atoms with Crippen molar-refractivity contribution in [2.24, 2.45) is 0 Å². The zero-order chi connectivity index (χ0) is 24.2. The molecule has 4 nitrogen and oxygen atoms in total. The number of aromatic amines is 1. The molecular formula is C28H40ClN3O. The Morgan fingerprint density at radius 1 is 0.970 bits per heavy atom. The average molecular weight is 470 g/mol. The molecule has 0 bridgehead atoms. The fourth-order valence-electron chi connectivity index (χ4n) is 3.84. The quantitative estimate of drug-likeness (QED) is 0.327. The van der Waals surface area contributed by atoms with Crippen LogP contribution in [0.25, 0.3) is 22.4 Å². The van der Waals surface area contributed by atoms with E-state index in [4.69, 9.17) is 16.6 Å². The van der Waals surface area contributed by atoms with Gasteiger partial charge in [-0.1, -0.05) is 70.7 Å². The smallest absolute Gasteiger partial charge is 0.222 e. The van der Waals surface area contributed by atoms with E-state index in [0.29, 0.717) is 11.4 Å². The summed E-state index contributed by atoms with van der Waals surface area (Å²) in [6.45, 7) is 12.1. The SMILES string of the molecule is CCCCC.CCCN(CCCc1ccc(Cl)c(-c2nc3ccc(C)cc3[nH]2)c1)C(=O)CC. The summed E-state index contributed by atoms with van der Waals surface area (Å²) in [5, 5.41) is 0.688. The number of carbonyl (C=O) groups excluding carboxylic acids is 1. The summed E-state index contributed by atoms with van der Waals surface area (Å²) in [7, 11) is 0. The van der Waals surface area contributed by atoms with Gasteiger partial charge < -0.3 is 9.88 Å². The van der Waals surface area contributed by atoms with E-state index in [1.54, 1.807) is 0 Å². The highest BCUT2D eigenvalue weighted by atomic mass is 35.5. The molecule has 2 aromatic carbocycles. The summed E-state index contributed by atoms with van der Waals surface area (Å²) < 4.78 is 0.